The van der Waals surface area contributed by atoms with E-state index >= 15 is 0 Å². The zero-order valence-electron chi connectivity index (χ0n) is 13.2. The van der Waals surface area contributed by atoms with Gasteiger partial charge in [-0.1, -0.05) is 24.2 Å². The second kappa shape index (κ2) is 6.54. The maximum Gasteiger partial charge on any atom is 0.280 e. The molecule has 2 aromatic heterocycles. The number of benzene rings is 1. The van der Waals surface area contributed by atoms with E-state index in [2.05, 4.69) is 15.3 Å². The van der Waals surface area contributed by atoms with Crippen molar-refractivity contribution in [3.63, 3.8) is 0 Å². The lowest BCUT2D eigenvalue weighted by atomic mass is 10.2. The summed E-state index contributed by atoms with van der Waals surface area (Å²) in [7, 11) is -3.48. The molecule has 0 spiro atoms. The monoisotopic (exact) mass is 348 g/mol. The minimum atomic E-state index is -3.48. The quantitative estimate of drug-likeness (QED) is 0.674. The Labute approximate surface area is 139 Å². The molecule has 0 aliphatic heterocycles. The molecule has 0 N–H and O–H groups in total. The summed E-state index contributed by atoms with van der Waals surface area (Å²) in [5.41, 5.74) is 1.08. The van der Waals surface area contributed by atoms with Gasteiger partial charge in [0.1, 0.15) is 6.26 Å². The molecule has 0 unspecified atom stereocenters. The number of hydrogen-bond acceptors (Lipinski definition) is 7. The van der Waals surface area contributed by atoms with Gasteiger partial charge in [0.05, 0.1) is 4.90 Å². The van der Waals surface area contributed by atoms with Gasteiger partial charge in [-0.15, -0.1) is 0 Å². The van der Waals surface area contributed by atoms with Crippen LogP contribution in [0.15, 0.2) is 50.5 Å². The van der Waals surface area contributed by atoms with Crippen LogP contribution in [0.3, 0.4) is 0 Å². The van der Waals surface area contributed by atoms with Gasteiger partial charge in [0, 0.05) is 24.7 Å². The zero-order chi connectivity index (χ0) is 17.2. The first-order chi connectivity index (χ1) is 11.6. The van der Waals surface area contributed by atoms with E-state index in [0.29, 0.717) is 30.2 Å². The van der Waals surface area contributed by atoms with Crippen molar-refractivity contribution in [3.05, 3.63) is 36.6 Å². The minimum absolute atomic E-state index is 0.232. The Bertz CT molecular complexity index is 897. The van der Waals surface area contributed by atoms with Crippen molar-refractivity contribution < 1.29 is 17.5 Å². The van der Waals surface area contributed by atoms with Crippen molar-refractivity contribution in [2.45, 2.75) is 18.7 Å². The first-order valence-electron chi connectivity index (χ1n) is 7.41. The molecule has 0 atom stereocenters. The van der Waals surface area contributed by atoms with Gasteiger partial charge >= 0.3 is 0 Å². The van der Waals surface area contributed by atoms with E-state index in [1.807, 2.05) is 0 Å². The Morgan fingerprint density at radius 1 is 1.04 bits per heavy atom. The van der Waals surface area contributed by atoms with Gasteiger partial charge in [-0.05, 0) is 24.3 Å². The summed E-state index contributed by atoms with van der Waals surface area (Å²) in [5, 5.41) is 7.60. The molecule has 0 bridgehead atoms. The van der Waals surface area contributed by atoms with Crippen molar-refractivity contribution in [3.8, 4) is 23.0 Å². The SMILES string of the molecule is CCN(CC)S(=O)(=O)c1ccc(-c2noc(-c3ccon3)n2)cc1. The van der Waals surface area contributed by atoms with Crippen LogP contribution in [0.1, 0.15) is 13.8 Å². The molecule has 24 heavy (non-hydrogen) atoms. The van der Waals surface area contributed by atoms with Crippen molar-refractivity contribution in [1.29, 1.82) is 0 Å². The Balaban J connectivity index is 1.88. The van der Waals surface area contributed by atoms with E-state index in [1.165, 1.54) is 22.7 Å². The Morgan fingerprint density at radius 3 is 2.33 bits per heavy atom. The maximum absolute atomic E-state index is 12.5. The second-order valence-corrected chi connectivity index (χ2v) is 6.86. The highest BCUT2D eigenvalue weighted by molar-refractivity contribution is 7.89. The summed E-state index contributed by atoms with van der Waals surface area (Å²) >= 11 is 0. The van der Waals surface area contributed by atoms with Crippen LogP contribution in [0.2, 0.25) is 0 Å². The van der Waals surface area contributed by atoms with E-state index in [9.17, 15) is 8.42 Å². The van der Waals surface area contributed by atoms with Gasteiger partial charge in [-0.2, -0.15) is 9.29 Å². The van der Waals surface area contributed by atoms with Crippen LogP contribution in [0.5, 0.6) is 0 Å². The molecule has 0 aliphatic carbocycles. The molecule has 8 nitrogen and oxygen atoms in total. The molecule has 3 aromatic rings. The van der Waals surface area contributed by atoms with Gasteiger partial charge in [0.25, 0.3) is 5.89 Å². The first kappa shape index (κ1) is 16.3. The van der Waals surface area contributed by atoms with E-state index in [1.54, 1.807) is 32.0 Å². The van der Waals surface area contributed by atoms with E-state index < -0.39 is 10.0 Å². The molecule has 0 saturated carbocycles. The number of aromatic nitrogens is 3. The van der Waals surface area contributed by atoms with Crippen molar-refractivity contribution in [1.82, 2.24) is 19.6 Å². The van der Waals surface area contributed by atoms with Gasteiger partial charge in [-0.3, -0.25) is 0 Å². The third-order valence-corrected chi connectivity index (χ3v) is 5.60. The summed E-state index contributed by atoms with van der Waals surface area (Å²) in [6.07, 6.45) is 1.41. The summed E-state index contributed by atoms with van der Waals surface area (Å²) in [6.45, 7) is 4.46. The summed E-state index contributed by atoms with van der Waals surface area (Å²) in [4.78, 5) is 4.45. The predicted octanol–water partition coefficient (Wildman–Crippen LogP) is 2.42. The number of hydrogen-bond donors (Lipinski definition) is 0. The normalized spacial score (nSPS) is 12.0. The third-order valence-electron chi connectivity index (χ3n) is 3.54. The summed E-state index contributed by atoms with van der Waals surface area (Å²) < 4.78 is 36.2. The molecule has 0 amide bonds. The van der Waals surface area contributed by atoms with Crippen LogP contribution in [-0.2, 0) is 10.0 Å². The first-order valence-corrected chi connectivity index (χ1v) is 8.85. The lowest BCUT2D eigenvalue weighted by Crippen LogP contribution is -2.30. The van der Waals surface area contributed by atoms with E-state index in [4.69, 9.17) is 9.05 Å². The van der Waals surface area contributed by atoms with Gasteiger partial charge in [0.2, 0.25) is 15.8 Å². The van der Waals surface area contributed by atoms with Crippen molar-refractivity contribution in [2.75, 3.05) is 13.1 Å². The lowest BCUT2D eigenvalue weighted by Gasteiger charge is -2.18. The van der Waals surface area contributed by atoms with Gasteiger partial charge in [-0.25, -0.2) is 8.42 Å². The van der Waals surface area contributed by atoms with E-state index in [0.717, 1.165) is 0 Å². The van der Waals surface area contributed by atoms with Crippen LogP contribution in [0, 0.1) is 0 Å². The molecule has 0 radical (unpaired) electrons. The molecular weight excluding hydrogens is 332 g/mol. The molecule has 126 valence electrons. The molecule has 2 heterocycles. The molecule has 1 aromatic carbocycles. The molecule has 0 fully saturated rings. The van der Waals surface area contributed by atoms with Crippen LogP contribution in [0.25, 0.3) is 23.0 Å². The fourth-order valence-corrected chi connectivity index (χ4v) is 3.71. The van der Waals surface area contributed by atoms with Crippen LogP contribution >= 0.6 is 0 Å². The second-order valence-electron chi connectivity index (χ2n) is 4.92. The van der Waals surface area contributed by atoms with Crippen molar-refractivity contribution >= 4 is 10.0 Å². The molecule has 0 aliphatic rings. The van der Waals surface area contributed by atoms with Gasteiger partial charge in [0.15, 0.2) is 5.69 Å². The zero-order valence-corrected chi connectivity index (χ0v) is 14.0. The summed E-state index contributed by atoms with van der Waals surface area (Å²) in [6, 6.07) is 7.98. The molecule has 0 saturated heterocycles. The average molecular weight is 348 g/mol. The predicted molar refractivity (Wildman–Crippen MR) is 85.3 cm³/mol. The number of sulfonamides is 1. The number of nitrogens with zero attached hydrogens (tertiary/aromatic N) is 4. The standard InChI is InChI=1S/C15H16N4O4S/c1-3-19(4-2)24(20,21)12-7-5-11(6-8-12)14-16-15(23-18-14)13-9-10-22-17-13/h5-10H,3-4H2,1-2H3. The Hall–Kier alpha value is -2.52. The molecule has 3 rings (SSSR count). The van der Waals surface area contributed by atoms with E-state index in [-0.39, 0.29) is 10.8 Å². The Morgan fingerprint density at radius 2 is 1.75 bits per heavy atom. The van der Waals surface area contributed by atoms with Crippen LogP contribution in [-0.4, -0.2) is 41.1 Å². The average Bonchev–Trinajstić information content (AvgIpc) is 3.27. The third kappa shape index (κ3) is 2.95. The van der Waals surface area contributed by atoms with Crippen molar-refractivity contribution in [2.24, 2.45) is 0 Å². The highest BCUT2D eigenvalue weighted by atomic mass is 32.2. The minimum Gasteiger partial charge on any atom is -0.364 e. The highest BCUT2D eigenvalue weighted by Crippen LogP contribution is 2.23. The van der Waals surface area contributed by atoms with Gasteiger partial charge < -0.3 is 9.05 Å². The molecule has 9 heteroatoms. The van der Waals surface area contributed by atoms with Crippen LogP contribution < -0.4 is 0 Å². The van der Waals surface area contributed by atoms with Crippen LogP contribution in [0.4, 0.5) is 0 Å². The highest BCUT2D eigenvalue weighted by Gasteiger charge is 2.21. The smallest absolute Gasteiger partial charge is 0.280 e. The largest absolute Gasteiger partial charge is 0.364 e. The molecular formula is C15H16N4O4S. The Kier molecular flexibility index (Phi) is 4.45. The maximum atomic E-state index is 12.5. The fraction of sp³-hybridized carbons (Fsp3) is 0.267. The number of rotatable bonds is 6. The fourth-order valence-electron chi connectivity index (χ4n) is 2.26. The summed E-state index contributed by atoms with van der Waals surface area (Å²) in [5.74, 6) is 0.582. The lowest BCUT2D eigenvalue weighted by molar-refractivity contribution is 0.405. The topological polar surface area (TPSA) is 102 Å².